The van der Waals surface area contributed by atoms with Crippen LogP contribution >= 0.6 is 0 Å². The lowest BCUT2D eigenvalue weighted by molar-refractivity contribution is -0.00211. The molecule has 0 bridgehead atoms. The molecule has 0 atom stereocenters. The molecule has 0 heterocycles. The number of hydrogen-bond acceptors (Lipinski definition) is 2. The summed E-state index contributed by atoms with van der Waals surface area (Å²) >= 11 is 0. The lowest BCUT2D eigenvalue weighted by Gasteiger charge is -2.20. The quantitative estimate of drug-likeness (QED) is 0.671. The van der Waals surface area contributed by atoms with Gasteiger partial charge in [-0.3, -0.25) is 0 Å². The predicted octanol–water partition coefficient (Wildman–Crippen LogP) is 4.66. The van der Waals surface area contributed by atoms with Gasteiger partial charge in [0.15, 0.2) is 0 Å². The summed E-state index contributed by atoms with van der Waals surface area (Å²) in [5.41, 5.74) is 0. The van der Waals surface area contributed by atoms with Crippen LogP contribution in [0.5, 0.6) is 11.5 Å². The van der Waals surface area contributed by atoms with Crippen LogP contribution in [0.4, 0.5) is 0 Å². The molecule has 0 aliphatic heterocycles. The fraction of sp³-hybridized carbons (Fsp3) is 0.294. The highest BCUT2D eigenvalue weighted by atomic mass is 16.7. The molecule has 0 saturated carbocycles. The molecular weight excluding hydrogens is 236 g/mol. The molecular formula is C17H20O2. The lowest BCUT2D eigenvalue weighted by atomic mass is 10.2. The maximum Gasteiger partial charge on any atom is 0.241 e. The third-order valence-electron chi connectivity index (χ3n) is 2.81. The number of hydrogen-bond donors (Lipinski definition) is 0. The van der Waals surface area contributed by atoms with Gasteiger partial charge < -0.3 is 9.47 Å². The van der Waals surface area contributed by atoms with E-state index in [1.165, 1.54) is 0 Å². The van der Waals surface area contributed by atoms with Gasteiger partial charge in [0.1, 0.15) is 11.5 Å². The Morgan fingerprint density at radius 1 is 0.789 bits per heavy atom. The van der Waals surface area contributed by atoms with Gasteiger partial charge in [0.25, 0.3) is 0 Å². The average molecular weight is 256 g/mol. The van der Waals surface area contributed by atoms with Gasteiger partial charge in [-0.25, -0.2) is 0 Å². The van der Waals surface area contributed by atoms with Crippen LogP contribution in [-0.4, -0.2) is 6.29 Å². The molecule has 0 aliphatic rings. The summed E-state index contributed by atoms with van der Waals surface area (Å²) in [5.74, 6) is 1.69. The zero-order valence-corrected chi connectivity index (χ0v) is 11.3. The van der Waals surface area contributed by atoms with Gasteiger partial charge in [-0.15, -0.1) is 0 Å². The van der Waals surface area contributed by atoms with E-state index in [9.17, 15) is 0 Å². The number of unbranched alkanes of at least 4 members (excludes halogenated alkanes) is 1. The minimum Gasteiger partial charge on any atom is -0.455 e. The fourth-order valence-electron chi connectivity index (χ4n) is 1.81. The normalized spacial score (nSPS) is 10.4. The smallest absolute Gasteiger partial charge is 0.241 e. The molecule has 0 radical (unpaired) electrons. The Bertz CT molecular complexity index is 412. The van der Waals surface area contributed by atoms with Crippen molar-refractivity contribution in [3.63, 3.8) is 0 Å². The molecule has 0 saturated heterocycles. The SMILES string of the molecule is CCCCC(Oc1ccccc1)Oc1ccccc1. The van der Waals surface area contributed by atoms with Crippen molar-refractivity contribution in [2.45, 2.75) is 32.5 Å². The minimum absolute atomic E-state index is 0.232. The Morgan fingerprint density at radius 3 is 1.68 bits per heavy atom. The molecule has 0 amide bonds. The van der Waals surface area contributed by atoms with Crippen molar-refractivity contribution >= 4 is 0 Å². The highest BCUT2D eigenvalue weighted by Crippen LogP contribution is 2.18. The van der Waals surface area contributed by atoms with E-state index in [-0.39, 0.29) is 6.29 Å². The van der Waals surface area contributed by atoms with Crippen LogP contribution in [0.3, 0.4) is 0 Å². The first-order chi connectivity index (χ1) is 9.38. The van der Waals surface area contributed by atoms with Gasteiger partial charge in [-0.05, 0) is 30.7 Å². The number of para-hydroxylation sites is 2. The summed E-state index contributed by atoms with van der Waals surface area (Å²) in [6, 6.07) is 19.6. The second kappa shape index (κ2) is 7.47. The molecule has 2 heteroatoms. The first kappa shape index (κ1) is 13.5. The summed E-state index contributed by atoms with van der Waals surface area (Å²) in [6.45, 7) is 2.17. The molecule has 0 fully saturated rings. The van der Waals surface area contributed by atoms with E-state index < -0.39 is 0 Å². The van der Waals surface area contributed by atoms with E-state index in [1.807, 2.05) is 60.7 Å². The van der Waals surface area contributed by atoms with Gasteiger partial charge in [0.05, 0.1) is 0 Å². The minimum atomic E-state index is -0.232. The Kier molecular flexibility index (Phi) is 5.30. The molecule has 0 aliphatic carbocycles. The van der Waals surface area contributed by atoms with E-state index in [0.29, 0.717) is 0 Å². The average Bonchev–Trinajstić information content (AvgIpc) is 2.47. The van der Waals surface area contributed by atoms with Crippen molar-refractivity contribution in [2.24, 2.45) is 0 Å². The molecule has 2 nitrogen and oxygen atoms in total. The van der Waals surface area contributed by atoms with E-state index in [0.717, 1.165) is 30.8 Å². The lowest BCUT2D eigenvalue weighted by Crippen LogP contribution is -2.23. The van der Waals surface area contributed by atoms with Crippen molar-refractivity contribution in [1.29, 1.82) is 0 Å². The van der Waals surface area contributed by atoms with Crippen molar-refractivity contribution < 1.29 is 9.47 Å². The summed E-state index contributed by atoms with van der Waals surface area (Å²) < 4.78 is 11.8. The van der Waals surface area contributed by atoms with Gasteiger partial charge in [-0.1, -0.05) is 49.7 Å². The molecule has 100 valence electrons. The zero-order valence-electron chi connectivity index (χ0n) is 11.3. The second-order valence-electron chi connectivity index (χ2n) is 4.43. The Hall–Kier alpha value is -1.96. The number of rotatable bonds is 7. The first-order valence-corrected chi connectivity index (χ1v) is 6.82. The summed E-state index contributed by atoms with van der Waals surface area (Å²) in [7, 11) is 0. The second-order valence-corrected chi connectivity index (χ2v) is 4.43. The third-order valence-corrected chi connectivity index (χ3v) is 2.81. The van der Waals surface area contributed by atoms with Gasteiger partial charge >= 0.3 is 0 Å². The Balaban J connectivity index is 1.99. The van der Waals surface area contributed by atoms with E-state index >= 15 is 0 Å². The van der Waals surface area contributed by atoms with Gasteiger partial charge in [0, 0.05) is 6.42 Å². The molecule has 19 heavy (non-hydrogen) atoms. The molecule has 2 aromatic rings. The predicted molar refractivity (Wildman–Crippen MR) is 77.5 cm³/mol. The number of ether oxygens (including phenoxy) is 2. The maximum absolute atomic E-state index is 5.90. The standard InChI is InChI=1S/C17H20O2/c1-2-3-14-17(18-15-10-6-4-7-11-15)19-16-12-8-5-9-13-16/h4-13,17H,2-3,14H2,1H3. The van der Waals surface area contributed by atoms with Crippen LogP contribution in [0.1, 0.15) is 26.2 Å². The Labute approximate surface area is 115 Å². The van der Waals surface area contributed by atoms with E-state index in [2.05, 4.69) is 6.92 Å². The molecule has 0 unspecified atom stereocenters. The fourth-order valence-corrected chi connectivity index (χ4v) is 1.81. The van der Waals surface area contributed by atoms with Crippen LogP contribution in [0.2, 0.25) is 0 Å². The highest BCUT2D eigenvalue weighted by molar-refractivity contribution is 5.23. The summed E-state index contributed by atoms with van der Waals surface area (Å²) in [4.78, 5) is 0. The third kappa shape index (κ3) is 4.66. The van der Waals surface area contributed by atoms with Gasteiger partial charge in [0.2, 0.25) is 6.29 Å². The van der Waals surface area contributed by atoms with Crippen LogP contribution < -0.4 is 9.47 Å². The monoisotopic (exact) mass is 256 g/mol. The van der Waals surface area contributed by atoms with Crippen LogP contribution in [0.25, 0.3) is 0 Å². The maximum atomic E-state index is 5.90. The topological polar surface area (TPSA) is 18.5 Å². The van der Waals surface area contributed by atoms with Crippen LogP contribution in [0, 0.1) is 0 Å². The number of benzene rings is 2. The van der Waals surface area contributed by atoms with Crippen LogP contribution in [0.15, 0.2) is 60.7 Å². The summed E-state index contributed by atoms with van der Waals surface area (Å²) in [5, 5.41) is 0. The van der Waals surface area contributed by atoms with Crippen molar-refractivity contribution in [3.8, 4) is 11.5 Å². The highest BCUT2D eigenvalue weighted by Gasteiger charge is 2.11. The largest absolute Gasteiger partial charge is 0.455 e. The molecule has 2 rings (SSSR count). The zero-order chi connectivity index (χ0) is 13.3. The van der Waals surface area contributed by atoms with Crippen molar-refractivity contribution in [2.75, 3.05) is 0 Å². The van der Waals surface area contributed by atoms with Crippen LogP contribution in [-0.2, 0) is 0 Å². The first-order valence-electron chi connectivity index (χ1n) is 6.82. The molecule has 0 spiro atoms. The van der Waals surface area contributed by atoms with E-state index in [4.69, 9.17) is 9.47 Å². The summed E-state index contributed by atoms with van der Waals surface area (Å²) in [6.07, 6.45) is 2.88. The molecule has 0 N–H and O–H groups in total. The Morgan fingerprint density at radius 2 is 1.26 bits per heavy atom. The van der Waals surface area contributed by atoms with Gasteiger partial charge in [-0.2, -0.15) is 0 Å². The van der Waals surface area contributed by atoms with E-state index in [1.54, 1.807) is 0 Å². The molecule has 2 aromatic carbocycles. The van der Waals surface area contributed by atoms with Crippen molar-refractivity contribution in [3.05, 3.63) is 60.7 Å². The molecule has 0 aromatic heterocycles. The van der Waals surface area contributed by atoms with Crippen molar-refractivity contribution in [1.82, 2.24) is 0 Å².